The number of carbonyl (C=O) groups is 2. The van der Waals surface area contributed by atoms with Gasteiger partial charge >= 0.3 is 0 Å². The van der Waals surface area contributed by atoms with Crippen molar-refractivity contribution in [2.24, 2.45) is 5.92 Å². The molecule has 0 radical (unpaired) electrons. The summed E-state index contributed by atoms with van der Waals surface area (Å²) in [5.74, 6) is -0.250. The molecule has 4 rings (SSSR count). The molecule has 1 aromatic carbocycles. The Labute approximate surface area is 173 Å². The second kappa shape index (κ2) is 8.21. The average molecular weight is 412 g/mol. The predicted molar refractivity (Wildman–Crippen MR) is 112 cm³/mol. The van der Waals surface area contributed by atoms with Gasteiger partial charge in [-0.3, -0.25) is 19.3 Å². The van der Waals surface area contributed by atoms with Crippen LogP contribution in [0.3, 0.4) is 0 Å². The summed E-state index contributed by atoms with van der Waals surface area (Å²) in [4.78, 5) is 31.8. The number of aryl methyl sites for hydroxylation is 1. The molecule has 150 valence electrons. The summed E-state index contributed by atoms with van der Waals surface area (Å²) in [6, 6.07) is 7.19. The normalized spacial score (nSPS) is 14.9. The van der Waals surface area contributed by atoms with Gasteiger partial charge < -0.3 is 10.2 Å². The number of hydrogen-bond donors (Lipinski definition) is 1. The monoisotopic (exact) mass is 411 g/mol. The molecular weight excluding hydrogens is 390 g/mol. The van der Waals surface area contributed by atoms with E-state index in [1.54, 1.807) is 34.1 Å². The summed E-state index contributed by atoms with van der Waals surface area (Å²) in [7, 11) is 0. The molecule has 0 atom stereocenters. The third-order valence-corrected chi connectivity index (χ3v) is 5.50. The summed E-state index contributed by atoms with van der Waals surface area (Å²) in [6.45, 7) is 3.78. The molecule has 1 saturated heterocycles. The van der Waals surface area contributed by atoms with Crippen LogP contribution in [0.15, 0.2) is 42.9 Å². The van der Waals surface area contributed by atoms with Crippen LogP contribution >= 0.6 is 11.6 Å². The van der Waals surface area contributed by atoms with Crippen molar-refractivity contribution in [3.05, 3.63) is 53.4 Å². The number of hydrogen-bond acceptors (Lipinski definition) is 4. The Morgan fingerprint density at radius 1 is 1.28 bits per heavy atom. The van der Waals surface area contributed by atoms with Crippen molar-refractivity contribution in [3.63, 3.8) is 0 Å². The second-order valence-corrected chi connectivity index (χ2v) is 7.61. The molecule has 0 aliphatic carbocycles. The Hall–Kier alpha value is -2.93. The SMILES string of the molecule is CCn1cc(NC(=O)C2CCN(C(=O)c3cc(Cl)cc4cccnc34)CC2)cn1. The highest BCUT2D eigenvalue weighted by atomic mass is 35.5. The van der Waals surface area contributed by atoms with E-state index < -0.39 is 0 Å². The van der Waals surface area contributed by atoms with Gasteiger partial charge in [0.1, 0.15) is 0 Å². The standard InChI is InChI=1S/C21H22ClN5O2/c1-2-27-13-17(12-24-27)25-20(28)14-5-8-26(9-6-14)21(29)18-11-16(22)10-15-4-3-7-23-19(15)18/h3-4,7,10-14H,2,5-6,8-9H2,1H3,(H,25,28). The van der Waals surface area contributed by atoms with Gasteiger partial charge in [-0.15, -0.1) is 0 Å². The molecule has 2 aromatic heterocycles. The molecule has 0 spiro atoms. The number of nitrogens with zero attached hydrogens (tertiary/aromatic N) is 4. The Morgan fingerprint density at radius 2 is 2.07 bits per heavy atom. The largest absolute Gasteiger partial charge is 0.339 e. The molecular formula is C21H22ClN5O2. The van der Waals surface area contributed by atoms with Crippen molar-refractivity contribution in [1.82, 2.24) is 19.7 Å². The Balaban J connectivity index is 1.42. The summed E-state index contributed by atoms with van der Waals surface area (Å²) >= 11 is 6.20. The maximum atomic E-state index is 13.1. The molecule has 1 aliphatic rings. The zero-order valence-corrected chi connectivity index (χ0v) is 16.9. The van der Waals surface area contributed by atoms with Gasteiger partial charge in [-0.25, -0.2) is 0 Å². The van der Waals surface area contributed by atoms with E-state index in [1.165, 1.54) is 0 Å². The van der Waals surface area contributed by atoms with Crippen LogP contribution < -0.4 is 5.32 Å². The highest BCUT2D eigenvalue weighted by Crippen LogP contribution is 2.26. The number of rotatable bonds is 4. The molecule has 1 aliphatic heterocycles. The number of nitrogens with one attached hydrogen (secondary N) is 1. The number of carbonyl (C=O) groups excluding carboxylic acids is 2. The first-order valence-corrected chi connectivity index (χ1v) is 10.1. The lowest BCUT2D eigenvalue weighted by molar-refractivity contribution is -0.121. The highest BCUT2D eigenvalue weighted by molar-refractivity contribution is 6.32. The smallest absolute Gasteiger partial charge is 0.256 e. The van der Waals surface area contributed by atoms with Gasteiger partial charge in [0.15, 0.2) is 0 Å². The van der Waals surface area contributed by atoms with E-state index in [0.29, 0.717) is 47.7 Å². The molecule has 3 heterocycles. The van der Waals surface area contributed by atoms with Crippen molar-refractivity contribution in [2.45, 2.75) is 26.3 Å². The second-order valence-electron chi connectivity index (χ2n) is 7.17. The first-order valence-electron chi connectivity index (χ1n) is 9.72. The summed E-state index contributed by atoms with van der Waals surface area (Å²) in [5, 5.41) is 8.43. The van der Waals surface area contributed by atoms with Gasteiger partial charge in [0.05, 0.1) is 23.0 Å². The Morgan fingerprint density at radius 3 is 2.79 bits per heavy atom. The van der Waals surface area contributed by atoms with Crippen molar-refractivity contribution in [1.29, 1.82) is 0 Å². The van der Waals surface area contributed by atoms with Gasteiger partial charge in [-0.2, -0.15) is 5.10 Å². The maximum absolute atomic E-state index is 13.1. The third-order valence-electron chi connectivity index (χ3n) is 5.28. The number of fused-ring (bicyclic) bond motifs is 1. The molecule has 1 fully saturated rings. The number of aromatic nitrogens is 3. The number of pyridine rings is 1. The minimum atomic E-state index is -0.127. The molecule has 0 unspecified atom stereocenters. The maximum Gasteiger partial charge on any atom is 0.256 e. The van der Waals surface area contributed by atoms with E-state index in [4.69, 9.17) is 11.6 Å². The zero-order chi connectivity index (χ0) is 20.4. The summed E-state index contributed by atoms with van der Waals surface area (Å²) in [6.07, 6.45) is 6.37. The number of likely N-dealkylation sites (tertiary alicyclic amines) is 1. The minimum Gasteiger partial charge on any atom is -0.339 e. The van der Waals surface area contributed by atoms with Gasteiger partial charge in [0.2, 0.25) is 5.91 Å². The molecule has 3 aromatic rings. The first-order chi connectivity index (χ1) is 14.0. The number of halogens is 1. The molecule has 2 amide bonds. The number of piperidine rings is 1. The van der Waals surface area contributed by atoms with E-state index in [-0.39, 0.29) is 17.7 Å². The third kappa shape index (κ3) is 4.10. The van der Waals surface area contributed by atoms with Gasteiger partial charge in [-0.05, 0) is 38.0 Å². The van der Waals surface area contributed by atoms with Crippen LogP contribution in [0.4, 0.5) is 5.69 Å². The Bertz CT molecular complexity index is 1060. The van der Waals surface area contributed by atoms with E-state index in [0.717, 1.165) is 11.9 Å². The molecule has 0 bridgehead atoms. The van der Waals surface area contributed by atoms with Gasteiger partial charge in [0, 0.05) is 48.4 Å². The number of benzene rings is 1. The number of amides is 2. The quantitative estimate of drug-likeness (QED) is 0.711. The van der Waals surface area contributed by atoms with Gasteiger partial charge in [-0.1, -0.05) is 17.7 Å². The number of anilines is 1. The van der Waals surface area contributed by atoms with Crippen LogP contribution in [0.1, 0.15) is 30.1 Å². The van der Waals surface area contributed by atoms with Crippen LogP contribution in [0, 0.1) is 5.92 Å². The summed E-state index contributed by atoms with van der Waals surface area (Å²) < 4.78 is 1.76. The van der Waals surface area contributed by atoms with Crippen molar-refractivity contribution >= 4 is 40.0 Å². The van der Waals surface area contributed by atoms with Crippen LogP contribution in [0.2, 0.25) is 5.02 Å². The van der Waals surface area contributed by atoms with E-state index in [9.17, 15) is 9.59 Å². The highest BCUT2D eigenvalue weighted by Gasteiger charge is 2.29. The fraction of sp³-hybridized carbons (Fsp3) is 0.333. The van der Waals surface area contributed by atoms with Crippen LogP contribution in [0.5, 0.6) is 0 Å². The van der Waals surface area contributed by atoms with Crippen molar-refractivity contribution in [2.75, 3.05) is 18.4 Å². The Kier molecular flexibility index (Phi) is 5.49. The van der Waals surface area contributed by atoms with E-state index in [1.807, 2.05) is 25.3 Å². The first kappa shape index (κ1) is 19.4. The van der Waals surface area contributed by atoms with Crippen molar-refractivity contribution in [3.8, 4) is 0 Å². The van der Waals surface area contributed by atoms with Crippen LogP contribution in [-0.4, -0.2) is 44.6 Å². The van der Waals surface area contributed by atoms with E-state index >= 15 is 0 Å². The molecule has 7 nitrogen and oxygen atoms in total. The van der Waals surface area contributed by atoms with Crippen LogP contribution in [0.25, 0.3) is 10.9 Å². The predicted octanol–water partition coefficient (Wildman–Crippen LogP) is 3.60. The van der Waals surface area contributed by atoms with Gasteiger partial charge in [0.25, 0.3) is 5.91 Å². The fourth-order valence-electron chi connectivity index (χ4n) is 3.68. The fourth-order valence-corrected chi connectivity index (χ4v) is 3.91. The lowest BCUT2D eigenvalue weighted by Crippen LogP contribution is -2.41. The molecule has 1 N–H and O–H groups in total. The lowest BCUT2D eigenvalue weighted by atomic mass is 9.95. The molecule has 0 saturated carbocycles. The summed E-state index contributed by atoms with van der Waals surface area (Å²) in [5.41, 5.74) is 1.85. The zero-order valence-electron chi connectivity index (χ0n) is 16.1. The van der Waals surface area contributed by atoms with Crippen LogP contribution in [-0.2, 0) is 11.3 Å². The molecule has 29 heavy (non-hydrogen) atoms. The van der Waals surface area contributed by atoms with E-state index in [2.05, 4.69) is 15.4 Å². The topological polar surface area (TPSA) is 80.1 Å². The lowest BCUT2D eigenvalue weighted by Gasteiger charge is -2.31. The molecule has 8 heteroatoms. The minimum absolute atomic E-state index is 0.0253. The average Bonchev–Trinajstić information content (AvgIpc) is 3.20. The van der Waals surface area contributed by atoms with Crippen molar-refractivity contribution < 1.29 is 9.59 Å².